The predicted octanol–water partition coefficient (Wildman–Crippen LogP) is 3.30. The number of hydrogen-bond donors (Lipinski definition) is 1. The van der Waals surface area contributed by atoms with Crippen molar-refractivity contribution in [2.24, 2.45) is 5.41 Å². The topological polar surface area (TPSA) is 57.6 Å². The molecule has 1 aromatic rings. The van der Waals surface area contributed by atoms with Gasteiger partial charge in [0.25, 0.3) is 0 Å². The van der Waals surface area contributed by atoms with Crippen molar-refractivity contribution in [1.29, 1.82) is 0 Å². The number of carboxylic acid groups (broad SMARTS) is 1. The fourth-order valence-electron chi connectivity index (χ4n) is 3.21. The molecular formula is C17H23NO3. The Morgan fingerprint density at radius 3 is 2.14 bits per heavy atom. The van der Waals surface area contributed by atoms with Gasteiger partial charge in [0.1, 0.15) is 0 Å². The molecule has 1 amide bonds. The highest BCUT2D eigenvalue weighted by Crippen LogP contribution is 2.42. The summed E-state index contributed by atoms with van der Waals surface area (Å²) < 4.78 is 0. The van der Waals surface area contributed by atoms with E-state index in [2.05, 4.69) is 6.07 Å². The molecule has 1 aliphatic carbocycles. The van der Waals surface area contributed by atoms with Crippen LogP contribution < -0.4 is 4.90 Å². The third-order valence-electron chi connectivity index (χ3n) is 4.47. The molecule has 4 nitrogen and oxygen atoms in total. The molecule has 0 atom stereocenters. The maximum Gasteiger partial charge on any atom is 0.310 e. The van der Waals surface area contributed by atoms with Gasteiger partial charge < -0.3 is 10.0 Å². The minimum atomic E-state index is -0.857. The van der Waals surface area contributed by atoms with Crippen LogP contribution in [0.2, 0.25) is 0 Å². The maximum absolute atomic E-state index is 12.5. The summed E-state index contributed by atoms with van der Waals surface area (Å²) in [6.45, 7) is 3.98. The standard InChI is InChI=1S/C17H23NO3/c1-12-8-13(2)10-14(9-12)18(3)15(19)11-17(16(20)21)6-4-5-7-17/h8-10H,4-7,11H2,1-3H3,(H,20,21). The van der Waals surface area contributed by atoms with Gasteiger partial charge in [-0.25, -0.2) is 0 Å². The summed E-state index contributed by atoms with van der Waals surface area (Å²) in [7, 11) is 1.72. The lowest BCUT2D eigenvalue weighted by Crippen LogP contribution is -2.36. The van der Waals surface area contributed by atoms with E-state index in [-0.39, 0.29) is 12.3 Å². The number of anilines is 1. The van der Waals surface area contributed by atoms with Crippen LogP contribution in [0.3, 0.4) is 0 Å². The fourth-order valence-corrected chi connectivity index (χ4v) is 3.21. The quantitative estimate of drug-likeness (QED) is 0.925. The van der Waals surface area contributed by atoms with Gasteiger partial charge in [-0.05, 0) is 49.9 Å². The maximum atomic E-state index is 12.5. The molecular weight excluding hydrogens is 266 g/mol. The molecule has 0 heterocycles. The van der Waals surface area contributed by atoms with Crippen LogP contribution in [0.1, 0.15) is 43.2 Å². The van der Waals surface area contributed by atoms with Gasteiger partial charge >= 0.3 is 5.97 Å². The minimum Gasteiger partial charge on any atom is -0.481 e. The van der Waals surface area contributed by atoms with Crippen molar-refractivity contribution in [3.63, 3.8) is 0 Å². The van der Waals surface area contributed by atoms with E-state index in [1.807, 2.05) is 26.0 Å². The molecule has 0 spiro atoms. The Bertz CT molecular complexity index is 539. The average molecular weight is 289 g/mol. The van der Waals surface area contributed by atoms with Crippen molar-refractivity contribution >= 4 is 17.6 Å². The fraction of sp³-hybridized carbons (Fsp3) is 0.529. The molecule has 1 aromatic carbocycles. The van der Waals surface area contributed by atoms with Gasteiger partial charge in [0.2, 0.25) is 5.91 Å². The lowest BCUT2D eigenvalue weighted by molar-refractivity contribution is -0.151. The van der Waals surface area contributed by atoms with E-state index in [0.717, 1.165) is 29.7 Å². The molecule has 1 saturated carbocycles. The summed E-state index contributed by atoms with van der Waals surface area (Å²) in [5, 5.41) is 9.48. The number of carbonyl (C=O) groups is 2. The minimum absolute atomic E-state index is 0.0891. The number of aliphatic carboxylic acids is 1. The van der Waals surface area contributed by atoms with E-state index in [0.29, 0.717) is 12.8 Å². The molecule has 1 N–H and O–H groups in total. The largest absolute Gasteiger partial charge is 0.481 e. The molecule has 0 aliphatic heterocycles. The first kappa shape index (κ1) is 15.5. The normalized spacial score (nSPS) is 16.7. The Morgan fingerprint density at radius 2 is 1.67 bits per heavy atom. The molecule has 4 heteroatoms. The lowest BCUT2D eigenvalue weighted by atomic mass is 9.82. The number of benzene rings is 1. The average Bonchev–Trinajstić information content (AvgIpc) is 2.86. The monoisotopic (exact) mass is 289 g/mol. The van der Waals surface area contributed by atoms with Crippen molar-refractivity contribution in [3.8, 4) is 0 Å². The number of hydrogen-bond acceptors (Lipinski definition) is 2. The molecule has 0 bridgehead atoms. The van der Waals surface area contributed by atoms with Crippen LogP contribution in [-0.2, 0) is 9.59 Å². The van der Waals surface area contributed by atoms with E-state index in [9.17, 15) is 14.7 Å². The highest BCUT2D eigenvalue weighted by atomic mass is 16.4. The van der Waals surface area contributed by atoms with E-state index in [1.54, 1.807) is 11.9 Å². The highest BCUT2D eigenvalue weighted by molar-refractivity contribution is 5.96. The second-order valence-electron chi connectivity index (χ2n) is 6.27. The van der Waals surface area contributed by atoms with E-state index < -0.39 is 11.4 Å². The third kappa shape index (κ3) is 3.26. The molecule has 1 fully saturated rings. The molecule has 0 radical (unpaired) electrons. The van der Waals surface area contributed by atoms with Gasteiger partial charge in [0, 0.05) is 19.2 Å². The summed E-state index contributed by atoms with van der Waals surface area (Å²) in [5.74, 6) is -0.952. The zero-order chi connectivity index (χ0) is 15.6. The van der Waals surface area contributed by atoms with E-state index >= 15 is 0 Å². The first-order chi connectivity index (χ1) is 9.84. The summed E-state index contributed by atoms with van der Waals surface area (Å²) >= 11 is 0. The van der Waals surface area contributed by atoms with Crippen molar-refractivity contribution in [1.82, 2.24) is 0 Å². The molecule has 0 aromatic heterocycles. The zero-order valence-electron chi connectivity index (χ0n) is 13.0. The van der Waals surface area contributed by atoms with Gasteiger partial charge in [0.05, 0.1) is 5.41 Å². The smallest absolute Gasteiger partial charge is 0.310 e. The first-order valence-electron chi connectivity index (χ1n) is 7.42. The van der Waals surface area contributed by atoms with Crippen molar-refractivity contribution in [3.05, 3.63) is 29.3 Å². The van der Waals surface area contributed by atoms with Crippen molar-refractivity contribution < 1.29 is 14.7 Å². The van der Waals surface area contributed by atoms with Crippen LogP contribution in [-0.4, -0.2) is 24.0 Å². The van der Waals surface area contributed by atoms with Gasteiger partial charge in [-0.2, -0.15) is 0 Å². The summed E-state index contributed by atoms with van der Waals surface area (Å²) in [6.07, 6.45) is 3.09. The SMILES string of the molecule is Cc1cc(C)cc(N(C)C(=O)CC2(C(=O)O)CCCC2)c1. The summed E-state index contributed by atoms with van der Waals surface area (Å²) in [6, 6.07) is 5.96. The number of carboxylic acids is 1. The van der Waals surface area contributed by atoms with Crippen LogP contribution in [0, 0.1) is 19.3 Å². The van der Waals surface area contributed by atoms with E-state index in [1.165, 1.54) is 0 Å². The van der Waals surface area contributed by atoms with Gasteiger partial charge in [-0.3, -0.25) is 9.59 Å². The highest BCUT2D eigenvalue weighted by Gasteiger charge is 2.43. The molecule has 2 rings (SSSR count). The van der Waals surface area contributed by atoms with E-state index in [4.69, 9.17) is 0 Å². The van der Waals surface area contributed by atoms with Crippen molar-refractivity contribution in [2.75, 3.05) is 11.9 Å². The lowest BCUT2D eigenvalue weighted by Gasteiger charge is -2.26. The number of rotatable bonds is 4. The number of aryl methyl sites for hydroxylation is 2. The summed E-state index contributed by atoms with van der Waals surface area (Å²) in [4.78, 5) is 25.6. The molecule has 114 valence electrons. The van der Waals surface area contributed by atoms with Gasteiger partial charge in [-0.15, -0.1) is 0 Å². The molecule has 0 saturated heterocycles. The van der Waals surface area contributed by atoms with Gasteiger partial charge in [-0.1, -0.05) is 18.9 Å². The first-order valence-corrected chi connectivity index (χ1v) is 7.42. The van der Waals surface area contributed by atoms with Crippen LogP contribution in [0.25, 0.3) is 0 Å². The van der Waals surface area contributed by atoms with Crippen molar-refractivity contribution in [2.45, 2.75) is 46.0 Å². The second kappa shape index (κ2) is 5.88. The Labute approximate surface area is 125 Å². The Kier molecular flexibility index (Phi) is 4.35. The Balaban J connectivity index is 2.17. The Morgan fingerprint density at radius 1 is 1.14 bits per heavy atom. The zero-order valence-corrected chi connectivity index (χ0v) is 13.0. The predicted molar refractivity (Wildman–Crippen MR) is 82.5 cm³/mol. The van der Waals surface area contributed by atoms with Gasteiger partial charge in [0.15, 0.2) is 0 Å². The second-order valence-corrected chi connectivity index (χ2v) is 6.27. The summed E-state index contributed by atoms with van der Waals surface area (Å²) in [5.41, 5.74) is 2.16. The number of nitrogens with zero attached hydrogens (tertiary/aromatic N) is 1. The van der Waals surface area contributed by atoms with Crippen LogP contribution in [0.5, 0.6) is 0 Å². The number of amides is 1. The third-order valence-corrected chi connectivity index (χ3v) is 4.47. The Hall–Kier alpha value is -1.84. The molecule has 21 heavy (non-hydrogen) atoms. The van der Waals surface area contributed by atoms with Crippen LogP contribution in [0.15, 0.2) is 18.2 Å². The van der Waals surface area contributed by atoms with Crippen LogP contribution >= 0.6 is 0 Å². The molecule has 1 aliphatic rings. The van der Waals surface area contributed by atoms with Crippen LogP contribution in [0.4, 0.5) is 5.69 Å². The molecule has 0 unspecified atom stereocenters. The number of carbonyl (C=O) groups excluding carboxylic acids is 1.